The van der Waals surface area contributed by atoms with Gasteiger partial charge in [0.05, 0.1) is 10.7 Å². The van der Waals surface area contributed by atoms with Gasteiger partial charge in [0.1, 0.15) is 0 Å². The smallest absolute Gasteiger partial charge is 0.219 e. The number of rotatable bonds is 4. The molecule has 0 saturated heterocycles. The second kappa shape index (κ2) is 4.86. The molecule has 76 valence electrons. The van der Waals surface area contributed by atoms with Gasteiger partial charge in [0.2, 0.25) is 5.91 Å². The van der Waals surface area contributed by atoms with Gasteiger partial charge in [-0.25, -0.2) is 0 Å². The van der Waals surface area contributed by atoms with Gasteiger partial charge in [-0.15, -0.1) is 0 Å². The van der Waals surface area contributed by atoms with Crippen molar-refractivity contribution in [1.29, 1.82) is 0 Å². The van der Waals surface area contributed by atoms with Gasteiger partial charge < -0.3 is 11.1 Å². The lowest BCUT2D eigenvalue weighted by molar-refractivity contribution is -0.118. The average molecular weight is 213 g/mol. The molecule has 0 bridgehead atoms. The SMILES string of the molecule is CC(CC(N)=O)Nc1ccccc1Cl. The van der Waals surface area contributed by atoms with Crippen molar-refractivity contribution in [3.63, 3.8) is 0 Å². The molecule has 14 heavy (non-hydrogen) atoms. The quantitative estimate of drug-likeness (QED) is 0.802. The molecule has 0 aliphatic heterocycles. The minimum atomic E-state index is -0.322. The van der Waals surface area contributed by atoms with Crippen LogP contribution in [0.4, 0.5) is 5.69 Å². The van der Waals surface area contributed by atoms with Crippen LogP contribution < -0.4 is 11.1 Å². The predicted molar refractivity (Wildman–Crippen MR) is 58.3 cm³/mol. The molecule has 1 atom stereocenters. The summed E-state index contributed by atoms with van der Waals surface area (Å²) in [5, 5.41) is 3.75. The number of anilines is 1. The molecule has 1 aromatic carbocycles. The Morgan fingerprint density at radius 2 is 2.21 bits per heavy atom. The number of carbonyl (C=O) groups excluding carboxylic acids is 1. The van der Waals surface area contributed by atoms with Crippen LogP contribution in [0.2, 0.25) is 5.02 Å². The van der Waals surface area contributed by atoms with Crippen LogP contribution in [0.1, 0.15) is 13.3 Å². The Balaban J connectivity index is 2.60. The highest BCUT2D eigenvalue weighted by Crippen LogP contribution is 2.21. The number of nitrogens with two attached hydrogens (primary N) is 1. The van der Waals surface area contributed by atoms with Crippen LogP contribution in [0.5, 0.6) is 0 Å². The fourth-order valence-corrected chi connectivity index (χ4v) is 1.39. The summed E-state index contributed by atoms with van der Waals surface area (Å²) in [4.78, 5) is 10.6. The summed E-state index contributed by atoms with van der Waals surface area (Å²) in [6.07, 6.45) is 0.297. The number of hydrogen-bond acceptors (Lipinski definition) is 2. The number of hydrogen-bond donors (Lipinski definition) is 2. The third-order valence-corrected chi connectivity index (χ3v) is 2.11. The highest BCUT2D eigenvalue weighted by Gasteiger charge is 2.06. The van der Waals surface area contributed by atoms with Crippen LogP contribution in [0.3, 0.4) is 0 Å². The van der Waals surface area contributed by atoms with E-state index in [0.717, 1.165) is 5.69 Å². The van der Waals surface area contributed by atoms with Gasteiger partial charge in [-0.05, 0) is 19.1 Å². The van der Waals surface area contributed by atoms with Crippen molar-refractivity contribution in [2.45, 2.75) is 19.4 Å². The van der Waals surface area contributed by atoms with Gasteiger partial charge in [0.25, 0.3) is 0 Å². The Morgan fingerprint density at radius 1 is 1.57 bits per heavy atom. The normalized spacial score (nSPS) is 12.1. The summed E-state index contributed by atoms with van der Waals surface area (Å²) >= 11 is 5.93. The van der Waals surface area contributed by atoms with E-state index in [0.29, 0.717) is 11.4 Å². The standard InChI is InChI=1S/C10H13ClN2O/c1-7(6-10(12)14)13-9-5-3-2-4-8(9)11/h2-5,7,13H,6H2,1H3,(H2,12,14). The van der Waals surface area contributed by atoms with E-state index in [1.54, 1.807) is 6.07 Å². The van der Waals surface area contributed by atoms with Gasteiger partial charge in [0, 0.05) is 12.5 Å². The molecule has 0 aliphatic carbocycles. The molecule has 0 fully saturated rings. The Bertz CT molecular complexity index is 328. The van der Waals surface area contributed by atoms with Crippen molar-refractivity contribution < 1.29 is 4.79 Å². The Kier molecular flexibility index (Phi) is 3.77. The zero-order valence-electron chi connectivity index (χ0n) is 7.96. The molecule has 4 heteroatoms. The maximum absolute atomic E-state index is 10.6. The lowest BCUT2D eigenvalue weighted by atomic mass is 10.2. The molecule has 0 saturated carbocycles. The molecule has 3 nitrogen and oxygen atoms in total. The van der Waals surface area contributed by atoms with Crippen molar-refractivity contribution in [3.05, 3.63) is 29.3 Å². The minimum absolute atomic E-state index is 0.00704. The van der Waals surface area contributed by atoms with Crippen LogP contribution in [0, 0.1) is 0 Å². The predicted octanol–water partition coefficient (Wildman–Crippen LogP) is 2.02. The van der Waals surface area contributed by atoms with Crippen LogP contribution in [-0.4, -0.2) is 11.9 Å². The van der Waals surface area contributed by atoms with Gasteiger partial charge in [-0.1, -0.05) is 23.7 Å². The van der Waals surface area contributed by atoms with Crippen LogP contribution in [0.15, 0.2) is 24.3 Å². The highest BCUT2D eigenvalue weighted by molar-refractivity contribution is 6.33. The molecular weight excluding hydrogens is 200 g/mol. The third-order valence-electron chi connectivity index (χ3n) is 1.78. The van der Waals surface area contributed by atoms with Gasteiger partial charge >= 0.3 is 0 Å². The summed E-state index contributed by atoms with van der Waals surface area (Å²) in [6.45, 7) is 1.88. The van der Waals surface area contributed by atoms with E-state index in [2.05, 4.69) is 5.32 Å². The van der Waals surface area contributed by atoms with Crippen molar-refractivity contribution in [1.82, 2.24) is 0 Å². The summed E-state index contributed by atoms with van der Waals surface area (Å²) < 4.78 is 0. The molecule has 1 amide bonds. The number of nitrogens with one attached hydrogen (secondary N) is 1. The average Bonchev–Trinajstić information content (AvgIpc) is 2.07. The highest BCUT2D eigenvalue weighted by atomic mass is 35.5. The Labute approximate surface area is 88.2 Å². The maximum Gasteiger partial charge on any atom is 0.219 e. The van der Waals surface area contributed by atoms with E-state index in [9.17, 15) is 4.79 Å². The lowest BCUT2D eigenvalue weighted by Crippen LogP contribution is -2.24. The van der Waals surface area contributed by atoms with Crippen LogP contribution in [0.25, 0.3) is 0 Å². The van der Waals surface area contributed by atoms with E-state index >= 15 is 0 Å². The number of para-hydroxylation sites is 1. The fourth-order valence-electron chi connectivity index (χ4n) is 1.20. The fraction of sp³-hybridized carbons (Fsp3) is 0.300. The number of primary amides is 1. The number of benzene rings is 1. The molecule has 1 aromatic rings. The molecule has 0 heterocycles. The monoisotopic (exact) mass is 212 g/mol. The van der Waals surface area contributed by atoms with Crippen molar-refractivity contribution >= 4 is 23.2 Å². The maximum atomic E-state index is 10.6. The molecular formula is C10H13ClN2O. The first-order valence-corrected chi connectivity index (χ1v) is 4.76. The molecule has 0 spiro atoms. The second-order valence-electron chi connectivity index (χ2n) is 3.20. The molecule has 0 radical (unpaired) electrons. The van der Waals surface area contributed by atoms with E-state index in [1.165, 1.54) is 0 Å². The molecule has 1 rings (SSSR count). The molecule has 0 aromatic heterocycles. The molecule has 3 N–H and O–H groups in total. The summed E-state index contributed by atoms with van der Waals surface area (Å²) in [5.41, 5.74) is 5.90. The van der Waals surface area contributed by atoms with E-state index in [4.69, 9.17) is 17.3 Å². The van der Waals surface area contributed by atoms with E-state index < -0.39 is 0 Å². The minimum Gasteiger partial charge on any atom is -0.381 e. The number of halogens is 1. The van der Waals surface area contributed by atoms with Gasteiger partial charge in [-0.3, -0.25) is 4.79 Å². The summed E-state index contributed by atoms with van der Waals surface area (Å²) in [7, 11) is 0. The zero-order chi connectivity index (χ0) is 10.6. The topological polar surface area (TPSA) is 55.1 Å². The van der Waals surface area contributed by atoms with Gasteiger partial charge in [-0.2, -0.15) is 0 Å². The molecule has 0 aliphatic rings. The van der Waals surface area contributed by atoms with E-state index in [-0.39, 0.29) is 11.9 Å². The van der Waals surface area contributed by atoms with Crippen LogP contribution in [-0.2, 0) is 4.79 Å². The summed E-state index contributed by atoms with van der Waals surface area (Å²) in [5.74, 6) is -0.322. The van der Waals surface area contributed by atoms with Crippen molar-refractivity contribution in [2.24, 2.45) is 5.73 Å². The van der Waals surface area contributed by atoms with Gasteiger partial charge in [0.15, 0.2) is 0 Å². The second-order valence-corrected chi connectivity index (χ2v) is 3.60. The number of carbonyl (C=O) groups is 1. The van der Waals surface area contributed by atoms with E-state index in [1.807, 2.05) is 25.1 Å². The first kappa shape index (κ1) is 10.9. The first-order chi connectivity index (χ1) is 6.59. The van der Waals surface area contributed by atoms with Crippen molar-refractivity contribution in [2.75, 3.05) is 5.32 Å². The zero-order valence-corrected chi connectivity index (χ0v) is 8.71. The Morgan fingerprint density at radius 3 is 2.79 bits per heavy atom. The first-order valence-electron chi connectivity index (χ1n) is 4.39. The lowest BCUT2D eigenvalue weighted by Gasteiger charge is -2.14. The van der Waals surface area contributed by atoms with Crippen LogP contribution >= 0.6 is 11.6 Å². The third kappa shape index (κ3) is 3.26. The summed E-state index contributed by atoms with van der Waals surface area (Å²) in [6, 6.07) is 7.38. The van der Waals surface area contributed by atoms with Crippen molar-refractivity contribution in [3.8, 4) is 0 Å². The largest absolute Gasteiger partial charge is 0.381 e. The Hall–Kier alpha value is -1.22. The molecule has 1 unspecified atom stereocenters. The number of amides is 1.